The van der Waals surface area contributed by atoms with Gasteiger partial charge in [0.15, 0.2) is 0 Å². The first kappa shape index (κ1) is 16.4. The molecule has 2 N–H and O–H groups in total. The van der Waals surface area contributed by atoms with E-state index in [4.69, 9.17) is 0 Å². The molecule has 3 aromatic rings. The number of hydrogen-bond donors (Lipinski definition) is 2. The monoisotopic (exact) mass is 334 g/mol. The molecule has 0 heterocycles. The zero-order valence-electron chi connectivity index (χ0n) is 13.2. The van der Waals surface area contributed by atoms with Crippen molar-refractivity contribution in [2.75, 3.05) is 0 Å². The van der Waals surface area contributed by atoms with E-state index in [9.17, 15) is 14.0 Å². The van der Waals surface area contributed by atoms with Crippen LogP contribution in [0.3, 0.4) is 0 Å². The Labute approximate surface area is 144 Å². The molecular weight excluding hydrogens is 319 g/mol. The molecule has 4 nitrogen and oxygen atoms in total. The van der Waals surface area contributed by atoms with Crippen LogP contribution in [0.2, 0.25) is 0 Å². The van der Waals surface area contributed by atoms with Crippen LogP contribution in [0.1, 0.15) is 20.7 Å². The SMILES string of the molecule is O=C(NNC(=O)c1ccccc1F)c1ccc(-c2ccccc2)cc1. The minimum absolute atomic E-state index is 0.137. The molecule has 0 aromatic heterocycles. The average molecular weight is 334 g/mol. The molecule has 0 saturated carbocycles. The Morgan fingerprint density at radius 2 is 1.20 bits per heavy atom. The van der Waals surface area contributed by atoms with E-state index in [0.29, 0.717) is 5.56 Å². The maximum absolute atomic E-state index is 13.5. The minimum Gasteiger partial charge on any atom is -0.267 e. The number of benzene rings is 3. The van der Waals surface area contributed by atoms with Crippen LogP contribution in [0.25, 0.3) is 11.1 Å². The fourth-order valence-electron chi connectivity index (χ4n) is 2.34. The summed E-state index contributed by atoms with van der Waals surface area (Å²) in [6.45, 7) is 0. The van der Waals surface area contributed by atoms with E-state index in [0.717, 1.165) is 11.1 Å². The van der Waals surface area contributed by atoms with Crippen molar-refractivity contribution in [3.63, 3.8) is 0 Å². The zero-order valence-corrected chi connectivity index (χ0v) is 13.2. The second-order valence-electron chi connectivity index (χ2n) is 5.33. The summed E-state index contributed by atoms with van der Waals surface area (Å²) in [6, 6.07) is 22.3. The smallest absolute Gasteiger partial charge is 0.267 e. The minimum atomic E-state index is -0.715. The Morgan fingerprint density at radius 3 is 1.88 bits per heavy atom. The number of carbonyl (C=O) groups is 2. The van der Waals surface area contributed by atoms with Gasteiger partial charge >= 0.3 is 0 Å². The van der Waals surface area contributed by atoms with Gasteiger partial charge in [-0.3, -0.25) is 20.4 Å². The van der Waals surface area contributed by atoms with Crippen LogP contribution in [0.5, 0.6) is 0 Å². The molecule has 3 rings (SSSR count). The second kappa shape index (κ2) is 7.40. The molecular formula is C20H15FN2O2. The molecule has 0 atom stereocenters. The van der Waals surface area contributed by atoms with Crippen molar-refractivity contribution in [1.82, 2.24) is 10.9 Å². The highest BCUT2D eigenvalue weighted by atomic mass is 19.1. The Morgan fingerprint density at radius 1 is 0.640 bits per heavy atom. The Balaban J connectivity index is 1.64. The Bertz CT molecular complexity index is 893. The third kappa shape index (κ3) is 3.90. The highest BCUT2D eigenvalue weighted by molar-refractivity contribution is 5.99. The highest BCUT2D eigenvalue weighted by Gasteiger charge is 2.12. The van der Waals surface area contributed by atoms with Gasteiger partial charge in [0.2, 0.25) is 0 Å². The molecule has 0 saturated heterocycles. The molecule has 0 aliphatic carbocycles. The van der Waals surface area contributed by atoms with E-state index in [1.165, 1.54) is 18.2 Å². The van der Waals surface area contributed by atoms with Crippen LogP contribution in [-0.2, 0) is 0 Å². The quantitative estimate of drug-likeness (QED) is 0.720. The van der Waals surface area contributed by atoms with Gasteiger partial charge < -0.3 is 0 Å². The standard InChI is InChI=1S/C20H15FN2O2/c21-18-9-5-4-8-17(18)20(25)23-22-19(24)16-12-10-15(11-13-16)14-6-2-1-3-7-14/h1-13H,(H,22,24)(H,23,25). The van der Waals surface area contributed by atoms with Gasteiger partial charge in [0.1, 0.15) is 5.82 Å². The van der Waals surface area contributed by atoms with Crippen molar-refractivity contribution in [2.45, 2.75) is 0 Å². The lowest BCUT2D eigenvalue weighted by molar-refractivity contribution is 0.0844. The molecule has 2 amide bonds. The lowest BCUT2D eigenvalue weighted by atomic mass is 10.0. The third-order valence-corrected chi connectivity index (χ3v) is 3.66. The lowest BCUT2D eigenvalue weighted by Crippen LogP contribution is -2.41. The van der Waals surface area contributed by atoms with Crippen molar-refractivity contribution in [2.24, 2.45) is 0 Å². The molecule has 0 fully saturated rings. The predicted molar refractivity (Wildman–Crippen MR) is 93.2 cm³/mol. The number of halogens is 1. The fraction of sp³-hybridized carbons (Fsp3) is 0. The number of nitrogens with one attached hydrogen (secondary N) is 2. The molecule has 0 bridgehead atoms. The Hall–Kier alpha value is -3.47. The number of rotatable bonds is 3. The van der Waals surface area contributed by atoms with Crippen molar-refractivity contribution >= 4 is 11.8 Å². The van der Waals surface area contributed by atoms with Crippen LogP contribution in [0, 0.1) is 5.82 Å². The van der Waals surface area contributed by atoms with Crippen molar-refractivity contribution in [1.29, 1.82) is 0 Å². The van der Waals surface area contributed by atoms with Gasteiger partial charge in [0, 0.05) is 5.56 Å². The molecule has 124 valence electrons. The van der Waals surface area contributed by atoms with Gasteiger partial charge in [-0.05, 0) is 35.4 Å². The van der Waals surface area contributed by atoms with Crippen LogP contribution in [-0.4, -0.2) is 11.8 Å². The van der Waals surface area contributed by atoms with Gasteiger partial charge in [0.25, 0.3) is 11.8 Å². The summed E-state index contributed by atoms with van der Waals surface area (Å²) in [5.41, 5.74) is 6.75. The first-order valence-electron chi connectivity index (χ1n) is 7.66. The summed E-state index contributed by atoms with van der Waals surface area (Å²) in [6.07, 6.45) is 0. The molecule has 5 heteroatoms. The van der Waals surface area contributed by atoms with E-state index >= 15 is 0 Å². The second-order valence-corrected chi connectivity index (χ2v) is 5.33. The van der Waals surface area contributed by atoms with E-state index in [1.807, 2.05) is 42.5 Å². The summed E-state index contributed by atoms with van der Waals surface area (Å²) in [7, 11) is 0. The summed E-state index contributed by atoms with van der Waals surface area (Å²) in [4.78, 5) is 24.0. The van der Waals surface area contributed by atoms with E-state index in [2.05, 4.69) is 10.9 Å². The lowest BCUT2D eigenvalue weighted by Gasteiger charge is -2.08. The molecule has 0 unspecified atom stereocenters. The number of hydrogen-bond acceptors (Lipinski definition) is 2. The van der Waals surface area contributed by atoms with Crippen molar-refractivity contribution < 1.29 is 14.0 Å². The molecule has 0 radical (unpaired) electrons. The molecule has 0 spiro atoms. The van der Waals surface area contributed by atoms with E-state index in [1.54, 1.807) is 18.2 Å². The Kier molecular flexibility index (Phi) is 4.85. The average Bonchev–Trinajstić information content (AvgIpc) is 2.67. The normalized spacial score (nSPS) is 10.1. The van der Waals surface area contributed by atoms with Gasteiger partial charge in [-0.1, -0.05) is 54.6 Å². The predicted octanol–water partition coefficient (Wildman–Crippen LogP) is 3.57. The fourth-order valence-corrected chi connectivity index (χ4v) is 2.34. The van der Waals surface area contributed by atoms with Gasteiger partial charge in [-0.2, -0.15) is 0 Å². The van der Waals surface area contributed by atoms with Gasteiger partial charge in [-0.25, -0.2) is 4.39 Å². The summed E-state index contributed by atoms with van der Waals surface area (Å²) in [5, 5.41) is 0. The van der Waals surface area contributed by atoms with Crippen molar-refractivity contribution in [3.8, 4) is 11.1 Å². The molecule has 0 aliphatic rings. The van der Waals surface area contributed by atoms with Crippen LogP contribution < -0.4 is 10.9 Å². The van der Waals surface area contributed by atoms with Gasteiger partial charge in [-0.15, -0.1) is 0 Å². The molecule has 0 aliphatic heterocycles. The topological polar surface area (TPSA) is 58.2 Å². The molecule has 3 aromatic carbocycles. The number of hydrazine groups is 1. The maximum atomic E-state index is 13.5. The maximum Gasteiger partial charge on any atom is 0.272 e. The first-order chi connectivity index (χ1) is 12.1. The van der Waals surface area contributed by atoms with E-state index in [-0.39, 0.29) is 5.56 Å². The summed E-state index contributed by atoms with van der Waals surface area (Å²) >= 11 is 0. The number of amides is 2. The zero-order chi connectivity index (χ0) is 17.6. The summed E-state index contributed by atoms with van der Waals surface area (Å²) in [5.74, 6) is -1.85. The van der Waals surface area contributed by atoms with Gasteiger partial charge in [0.05, 0.1) is 5.56 Å². The van der Waals surface area contributed by atoms with Crippen LogP contribution >= 0.6 is 0 Å². The van der Waals surface area contributed by atoms with Crippen LogP contribution in [0.15, 0.2) is 78.9 Å². The molecule has 25 heavy (non-hydrogen) atoms. The largest absolute Gasteiger partial charge is 0.272 e. The first-order valence-corrected chi connectivity index (χ1v) is 7.66. The van der Waals surface area contributed by atoms with E-state index < -0.39 is 17.6 Å². The third-order valence-electron chi connectivity index (χ3n) is 3.66. The summed E-state index contributed by atoms with van der Waals surface area (Å²) < 4.78 is 13.5. The highest BCUT2D eigenvalue weighted by Crippen LogP contribution is 2.19. The van der Waals surface area contributed by atoms with Crippen molar-refractivity contribution in [3.05, 3.63) is 95.8 Å². The van der Waals surface area contributed by atoms with Crippen LogP contribution in [0.4, 0.5) is 4.39 Å². The number of carbonyl (C=O) groups excluding carboxylic acids is 2.